The van der Waals surface area contributed by atoms with E-state index in [2.05, 4.69) is 12.2 Å². The fourth-order valence-electron chi connectivity index (χ4n) is 3.61. The fraction of sp³-hybridized carbons (Fsp3) is 0.500. The van der Waals surface area contributed by atoms with E-state index >= 15 is 0 Å². The summed E-state index contributed by atoms with van der Waals surface area (Å²) in [5.41, 5.74) is 1.45. The van der Waals surface area contributed by atoms with E-state index < -0.39 is 12.1 Å². The van der Waals surface area contributed by atoms with Crippen molar-refractivity contribution in [1.29, 1.82) is 0 Å². The number of hydrogen-bond acceptors (Lipinski definition) is 3. The summed E-state index contributed by atoms with van der Waals surface area (Å²) in [7, 11) is 1.89. The van der Waals surface area contributed by atoms with Gasteiger partial charge in [-0.1, -0.05) is 38.0 Å². The molecule has 0 saturated heterocycles. The van der Waals surface area contributed by atoms with E-state index in [0.29, 0.717) is 11.5 Å². The molecule has 2 aromatic rings. The number of nitrogens with zero attached hydrogens (tertiary/aromatic N) is 1. The van der Waals surface area contributed by atoms with E-state index in [4.69, 9.17) is 4.74 Å². The second-order valence-corrected chi connectivity index (χ2v) is 7.10. The first-order valence-electron chi connectivity index (χ1n) is 9.03. The van der Waals surface area contributed by atoms with Crippen LogP contribution in [0.4, 0.5) is 0 Å². The number of benzene rings is 1. The van der Waals surface area contributed by atoms with Gasteiger partial charge in [0.25, 0.3) is 5.91 Å². The maximum absolute atomic E-state index is 12.5. The quantitative estimate of drug-likeness (QED) is 0.866. The standard InChI is InChI=1S/C20H26N2O3/c1-13-8-4-6-10-17(13)21-19(23)14(2)25-20(24)16-12-22(3)18-11-7-5-9-15(16)18/h5,7,9,11-14,17H,4,6,8,10H2,1-3H3,(H,21,23)/t13-,14+,17+/m0/s1. The Hall–Kier alpha value is -2.30. The Balaban J connectivity index is 1.66. The van der Waals surface area contributed by atoms with Gasteiger partial charge in [-0.15, -0.1) is 0 Å². The van der Waals surface area contributed by atoms with Gasteiger partial charge >= 0.3 is 5.97 Å². The molecule has 1 amide bonds. The number of ether oxygens (including phenoxy) is 1. The van der Waals surface area contributed by atoms with Crippen molar-refractivity contribution in [2.24, 2.45) is 13.0 Å². The van der Waals surface area contributed by atoms with Crippen LogP contribution in [0.3, 0.4) is 0 Å². The molecule has 3 atom stereocenters. The summed E-state index contributed by atoms with van der Waals surface area (Å²) in [4.78, 5) is 24.9. The lowest BCUT2D eigenvalue weighted by Crippen LogP contribution is -2.45. The Kier molecular flexibility index (Phi) is 5.11. The van der Waals surface area contributed by atoms with Crippen molar-refractivity contribution in [3.05, 3.63) is 36.0 Å². The second-order valence-electron chi connectivity index (χ2n) is 7.10. The van der Waals surface area contributed by atoms with Gasteiger partial charge < -0.3 is 14.6 Å². The van der Waals surface area contributed by atoms with Gasteiger partial charge in [0, 0.05) is 30.2 Å². The average molecular weight is 342 g/mol. The van der Waals surface area contributed by atoms with Crippen molar-refractivity contribution in [2.45, 2.75) is 51.7 Å². The van der Waals surface area contributed by atoms with E-state index in [1.807, 2.05) is 35.9 Å². The van der Waals surface area contributed by atoms with Crippen LogP contribution in [0.1, 0.15) is 49.9 Å². The number of fused-ring (bicyclic) bond motifs is 1. The van der Waals surface area contributed by atoms with Crippen LogP contribution in [-0.4, -0.2) is 28.6 Å². The van der Waals surface area contributed by atoms with Gasteiger partial charge in [0.2, 0.25) is 0 Å². The number of aryl methyl sites for hydroxylation is 1. The normalized spacial score (nSPS) is 21.7. The van der Waals surface area contributed by atoms with E-state index in [1.165, 1.54) is 6.42 Å². The Morgan fingerprint density at radius 3 is 2.72 bits per heavy atom. The minimum atomic E-state index is -0.805. The molecule has 0 spiro atoms. The molecule has 5 heteroatoms. The molecule has 1 aliphatic rings. The minimum absolute atomic E-state index is 0.181. The number of hydrogen-bond donors (Lipinski definition) is 1. The van der Waals surface area contributed by atoms with Crippen LogP contribution >= 0.6 is 0 Å². The lowest BCUT2D eigenvalue weighted by molar-refractivity contribution is -0.130. The number of rotatable bonds is 4. The zero-order chi connectivity index (χ0) is 18.0. The van der Waals surface area contributed by atoms with Crippen LogP contribution in [0.5, 0.6) is 0 Å². The number of esters is 1. The predicted molar refractivity (Wildman–Crippen MR) is 97.4 cm³/mol. The molecule has 0 aliphatic heterocycles. The van der Waals surface area contributed by atoms with Crippen molar-refractivity contribution in [3.63, 3.8) is 0 Å². The Bertz CT molecular complexity index is 780. The summed E-state index contributed by atoms with van der Waals surface area (Å²) in [6.45, 7) is 3.79. The number of para-hydroxylation sites is 1. The molecule has 0 radical (unpaired) electrons. The largest absolute Gasteiger partial charge is 0.449 e. The van der Waals surface area contributed by atoms with Crippen molar-refractivity contribution in [1.82, 2.24) is 9.88 Å². The number of nitrogens with one attached hydrogen (secondary N) is 1. The highest BCUT2D eigenvalue weighted by atomic mass is 16.5. The summed E-state index contributed by atoms with van der Waals surface area (Å²) in [6, 6.07) is 7.84. The van der Waals surface area contributed by atoms with Gasteiger partial charge in [0.1, 0.15) is 0 Å². The van der Waals surface area contributed by atoms with Gasteiger partial charge in [0.15, 0.2) is 6.10 Å². The molecule has 1 aliphatic carbocycles. The molecule has 1 saturated carbocycles. The van der Waals surface area contributed by atoms with E-state index in [9.17, 15) is 9.59 Å². The monoisotopic (exact) mass is 342 g/mol. The topological polar surface area (TPSA) is 60.3 Å². The zero-order valence-electron chi connectivity index (χ0n) is 15.1. The average Bonchev–Trinajstić information content (AvgIpc) is 2.94. The Labute approximate surface area is 148 Å². The third-order valence-corrected chi connectivity index (χ3v) is 5.21. The smallest absolute Gasteiger partial charge is 0.341 e. The molecular weight excluding hydrogens is 316 g/mol. The first-order chi connectivity index (χ1) is 12.0. The van der Waals surface area contributed by atoms with Crippen LogP contribution < -0.4 is 5.32 Å². The fourth-order valence-corrected chi connectivity index (χ4v) is 3.61. The zero-order valence-corrected chi connectivity index (χ0v) is 15.1. The molecule has 25 heavy (non-hydrogen) atoms. The van der Waals surface area contributed by atoms with Gasteiger partial charge in [-0.05, 0) is 31.7 Å². The Morgan fingerprint density at radius 1 is 1.24 bits per heavy atom. The highest BCUT2D eigenvalue weighted by Crippen LogP contribution is 2.24. The van der Waals surface area contributed by atoms with Gasteiger partial charge in [-0.3, -0.25) is 4.79 Å². The van der Waals surface area contributed by atoms with Crippen molar-refractivity contribution >= 4 is 22.8 Å². The first-order valence-corrected chi connectivity index (χ1v) is 9.03. The number of aromatic nitrogens is 1. The molecular formula is C20H26N2O3. The number of carbonyl (C=O) groups is 2. The van der Waals surface area contributed by atoms with Crippen LogP contribution in [-0.2, 0) is 16.6 Å². The maximum atomic E-state index is 12.5. The summed E-state index contributed by atoms with van der Waals surface area (Å²) in [5.74, 6) is -0.206. The molecule has 134 valence electrons. The summed E-state index contributed by atoms with van der Waals surface area (Å²) < 4.78 is 7.32. The molecule has 1 fully saturated rings. The van der Waals surface area contributed by atoms with Crippen LogP contribution in [0.15, 0.2) is 30.5 Å². The molecule has 1 aromatic heterocycles. The van der Waals surface area contributed by atoms with Gasteiger partial charge in [-0.25, -0.2) is 4.79 Å². The lowest BCUT2D eigenvalue weighted by atomic mass is 9.86. The van der Waals surface area contributed by atoms with Crippen LogP contribution in [0, 0.1) is 5.92 Å². The third kappa shape index (κ3) is 3.70. The van der Waals surface area contributed by atoms with Crippen LogP contribution in [0.2, 0.25) is 0 Å². The lowest BCUT2D eigenvalue weighted by Gasteiger charge is -2.30. The van der Waals surface area contributed by atoms with Crippen molar-refractivity contribution in [3.8, 4) is 0 Å². The molecule has 0 bridgehead atoms. The Morgan fingerprint density at radius 2 is 1.96 bits per heavy atom. The third-order valence-electron chi connectivity index (χ3n) is 5.21. The molecule has 1 heterocycles. The highest BCUT2D eigenvalue weighted by molar-refractivity contribution is 6.05. The van der Waals surface area contributed by atoms with E-state index in [0.717, 1.165) is 30.2 Å². The van der Waals surface area contributed by atoms with Crippen LogP contribution in [0.25, 0.3) is 10.9 Å². The summed E-state index contributed by atoms with van der Waals surface area (Å²) in [5, 5.41) is 3.88. The SMILES string of the molecule is C[C@@H](OC(=O)c1cn(C)c2ccccc12)C(=O)N[C@@H]1CCCC[C@@H]1C. The second kappa shape index (κ2) is 7.30. The van der Waals surface area contributed by atoms with E-state index in [1.54, 1.807) is 13.1 Å². The molecule has 5 nitrogen and oxygen atoms in total. The predicted octanol–water partition coefficient (Wildman–Crippen LogP) is 3.42. The first kappa shape index (κ1) is 17.5. The maximum Gasteiger partial charge on any atom is 0.341 e. The van der Waals surface area contributed by atoms with Gasteiger partial charge in [0.05, 0.1) is 5.56 Å². The van der Waals surface area contributed by atoms with Crippen molar-refractivity contribution in [2.75, 3.05) is 0 Å². The molecule has 1 aromatic carbocycles. The van der Waals surface area contributed by atoms with Gasteiger partial charge in [-0.2, -0.15) is 0 Å². The number of amides is 1. The van der Waals surface area contributed by atoms with Crippen molar-refractivity contribution < 1.29 is 14.3 Å². The molecule has 3 rings (SSSR count). The van der Waals surface area contributed by atoms with E-state index in [-0.39, 0.29) is 11.9 Å². The summed E-state index contributed by atoms with van der Waals surface area (Å²) >= 11 is 0. The molecule has 1 N–H and O–H groups in total. The summed E-state index contributed by atoms with van der Waals surface area (Å²) in [6.07, 6.45) is 5.44. The number of carbonyl (C=O) groups excluding carboxylic acids is 2. The minimum Gasteiger partial charge on any atom is -0.449 e. The molecule has 0 unspecified atom stereocenters. The highest BCUT2D eigenvalue weighted by Gasteiger charge is 2.27.